The minimum atomic E-state index is -0.588. The Kier molecular flexibility index (Phi) is 3.76. The summed E-state index contributed by atoms with van der Waals surface area (Å²) in [5, 5.41) is 9.49. The molecule has 1 atom stereocenters. The van der Waals surface area contributed by atoms with E-state index in [2.05, 4.69) is 28.7 Å². The molecule has 1 aliphatic rings. The van der Waals surface area contributed by atoms with Crippen LogP contribution in [0.25, 0.3) is 6.08 Å². The molecule has 1 heterocycles. The van der Waals surface area contributed by atoms with Gasteiger partial charge in [0.15, 0.2) is 0 Å². The number of rotatable bonds is 1. The summed E-state index contributed by atoms with van der Waals surface area (Å²) in [6, 6.07) is 16.7. The maximum absolute atomic E-state index is 12.7. The van der Waals surface area contributed by atoms with Gasteiger partial charge in [0.25, 0.3) is 5.91 Å². The highest BCUT2D eigenvalue weighted by atomic mass is 127. The van der Waals surface area contributed by atoms with Crippen molar-refractivity contribution in [1.29, 1.82) is 5.26 Å². The molecule has 0 spiro atoms. The molecule has 0 fully saturated rings. The van der Waals surface area contributed by atoms with E-state index < -0.39 is 6.04 Å². The van der Waals surface area contributed by atoms with Crippen molar-refractivity contribution in [2.24, 2.45) is 0 Å². The van der Waals surface area contributed by atoms with Crippen molar-refractivity contribution >= 4 is 34.6 Å². The van der Waals surface area contributed by atoms with E-state index in [9.17, 15) is 10.1 Å². The quantitative estimate of drug-likeness (QED) is 0.696. The molecule has 0 N–H and O–H groups in total. The van der Waals surface area contributed by atoms with Crippen LogP contribution in [0.15, 0.2) is 54.7 Å². The number of carbonyl (C=O) groups excluding carboxylic acids is 1. The van der Waals surface area contributed by atoms with Crippen molar-refractivity contribution < 1.29 is 4.79 Å². The summed E-state index contributed by atoms with van der Waals surface area (Å²) >= 11 is 2.14. The molecule has 102 valence electrons. The van der Waals surface area contributed by atoms with Crippen LogP contribution in [-0.4, -0.2) is 10.8 Å². The van der Waals surface area contributed by atoms with Crippen LogP contribution in [-0.2, 0) is 0 Å². The maximum atomic E-state index is 12.7. The largest absolute Gasteiger partial charge is 0.294 e. The Morgan fingerprint density at radius 2 is 1.86 bits per heavy atom. The monoisotopic (exact) mass is 386 g/mol. The second kappa shape index (κ2) is 5.70. The fraction of sp³-hybridized carbons (Fsp3) is 0.0588. The Morgan fingerprint density at radius 3 is 2.62 bits per heavy atom. The van der Waals surface area contributed by atoms with Gasteiger partial charge in [-0.25, -0.2) is 0 Å². The fourth-order valence-electron chi connectivity index (χ4n) is 2.40. The zero-order chi connectivity index (χ0) is 14.8. The summed E-state index contributed by atoms with van der Waals surface area (Å²) in [6.07, 6.45) is 3.57. The average molecular weight is 386 g/mol. The summed E-state index contributed by atoms with van der Waals surface area (Å²) in [4.78, 5) is 14.2. The van der Waals surface area contributed by atoms with Crippen molar-refractivity contribution in [1.82, 2.24) is 4.90 Å². The lowest BCUT2D eigenvalue weighted by molar-refractivity contribution is 0.0793. The molecular weight excluding hydrogens is 375 g/mol. The summed E-state index contributed by atoms with van der Waals surface area (Å²) in [7, 11) is 0. The number of nitriles is 1. The van der Waals surface area contributed by atoms with E-state index >= 15 is 0 Å². The van der Waals surface area contributed by atoms with Gasteiger partial charge in [0.1, 0.15) is 6.04 Å². The van der Waals surface area contributed by atoms with E-state index in [0.29, 0.717) is 5.56 Å². The highest BCUT2D eigenvalue weighted by molar-refractivity contribution is 14.1. The normalized spacial score (nSPS) is 16.2. The number of hydrogen-bond acceptors (Lipinski definition) is 2. The van der Waals surface area contributed by atoms with Crippen LogP contribution < -0.4 is 0 Å². The minimum Gasteiger partial charge on any atom is -0.294 e. The molecule has 1 aliphatic heterocycles. The van der Waals surface area contributed by atoms with Crippen LogP contribution >= 0.6 is 22.6 Å². The first-order valence-corrected chi connectivity index (χ1v) is 7.54. The van der Waals surface area contributed by atoms with Gasteiger partial charge in [-0.15, -0.1) is 0 Å². The van der Waals surface area contributed by atoms with Gasteiger partial charge >= 0.3 is 0 Å². The van der Waals surface area contributed by atoms with Crippen LogP contribution in [0, 0.1) is 14.9 Å². The van der Waals surface area contributed by atoms with Crippen LogP contribution in [0.5, 0.6) is 0 Å². The number of amides is 1. The number of fused-ring (bicyclic) bond motifs is 1. The standard InChI is InChI=1S/C17H11IN2O/c18-15-8-4-3-7-14(15)17(21)20-10-9-12-5-1-2-6-13(12)16(20)11-19/h1-10,16H/t16-/m0/s1. The van der Waals surface area contributed by atoms with E-state index in [-0.39, 0.29) is 5.91 Å². The average Bonchev–Trinajstić information content (AvgIpc) is 2.53. The highest BCUT2D eigenvalue weighted by Crippen LogP contribution is 2.31. The lowest BCUT2D eigenvalue weighted by Crippen LogP contribution is -2.32. The van der Waals surface area contributed by atoms with Crippen LogP contribution in [0.4, 0.5) is 0 Å². The third-order valence-electron chi connectivity index (χ3n) is 3.44. The molecule has 0 bridgehead atoms. The van der Waals surface area contributed by atoms with Crippen molar-refractivity contribution in [3.63, 3.8) is 0 Å². The maximum Gasteiger partial charge on any atom is 0.260 e. The van der Waals surface area contributed by atoms with Crippen molar-refractivity contribution in [2.75, 3.05) is 0 Å². The molecule has 0 aliphatic carbocycles. The molecule has 2 aromatic carbocycles. The summed E-state index contributed by atoms with van der Waals surface area (Å²) in [5.41, 5.74) is 2.46. The third kappa shape index (κ3) is 2.45. The first kappa shape index (κ1) is 13.8. The van der Waals surface area contributed by atoms with Gasteiger partial charge in [-0.3, -0.25) is 9.69 Å². The molecule has 0 radical (unpaired) electrons. The zero-order valence-corrected chi connectivity index (χ0v) is 13.2. The lowest BCUT2D eigenvalue weighted by atomic mass is 9.96. The Labute approximate surface area is 136 Å². The van der Waals surface area contributed by atoms with Gasteiger partial charge < -0.3 is 0 Å². The Bertz CT molecular complexity index is 776. The number of benzene rings is 2. The second-order valence-corrected chi connectivity index (χ2v) is 5.83. The molecule has 3 rings (SSSR count). The van der Waals surface area contributed by atoms with Gasteiger partial charge in [-0.2, -0.15) is 5.26 Å². The highest BCUT2D eigenvalue weighted by Gasteiger charge is 2.29. The zero-order valence-electron chi connectivity index (χ0n) is 11.0. The summed E-state index contributed by atoms with van der Waals surface area (Å²) in [5.74, 6) is -0.155. The van der Waals surface area contributed by atoms with Crippen LogP contribution in [0.3, 0.4) is 0 Å². The molecule has 3 nitrogen and oxygen atoms in total. The topological polar surface area (TPSA) is 44.1 Å². The fourth-order valence-corrected chi connectivity index (χ4v) is 3.02. The van der Waals surface area contributed by atoms with E-state index in [0.717, 1.165) is 14.7 Å². The summed E-state index contributed by atoms with van der Waals surface area (Å²) in [6.45, 7) is 0. The van der Waals surface area contributed by atoms with E-state index in [4.69, 9.17) is 0 Å². The Hall–Kier alpha value is -2.13. The number of halogens is 1. The van der Waals surface area contributed by atoms with Crippen LogP contribution in [0.2, 0.25) is 0 Å². The van der Waals surface area contributed by atoms with Gasteiger partial charge in [-0.05, 0) is 51.9 Å². The minimum absolute atomic E-state index is 0.155. The van der Waals surface area contributed by atoms with E-state index in [1.807, 2.05) is 48.5 Å². The molecule has 0 saturated carbocycles. The first-order chi connectivity index (χ1) is 10.2. The number of carbonyl (C=O) groups is 1. The molecule has 21 heavy (non-hydrogen) atoms. The predicted octanol–water partition coefficient (Wildman–Crippen LogP) is 3.98. The molecule has 4 heteroatoms. The summed E-state index contributed by atoms with van der Waals surface area (Å²) < 4.78 is 0.879. The van der Waals surface area contributed by atoms with Crippen molar-refractivity contribution in [3.05, 3.63) is 75.0 Å². The molecule has 1 amide bonds. The van der Waals surface area contributed by atoms with Gasteiger partial charge in [0.2, 0.25) is 0 Å². The van der Waals surface area contributed by atoms with Crippen LogP contribution in [0.1, 0.15) is 27.5 Å². The Morgan fingerprint density at radius 1 is 1.14 bits per heavy atom. The third-order valence-corrected chi connectivity index (χ3v) is 4.39. The first-order valence-electron chi connectivity index (χ1n) is 6.46. The number of nitrogens with zero attached hydrogens (tertiary/aromatic N) is 2. The SMILES string of the molecule is N#C[C@H]1c2ccccc2C=CN1C(=O)c1ccccc1I. The van der Waals surface area contributed by atoms with E-state index in [1.165, 1.54) is 4.90 Å². The van der Waals surface area contributed by atoms with Gasteiger partial charge in [0, 0.05) is 9.77 Å². The Balaban J connectivity index is 2.03. The van der Waals surface area contributed by atoms with Crippen molar-refractivity contribution in [2.45, 2.75) is 6.04 Å². The molecule has 2 aromatic rings. The second-order valence-electron chi connectivity index (χ2n) is 4.67. The molecular formula is C17H11IN2O. The smallest absolute Gasteiger partial charge is 0.260 e. The predicted molar refractivity (Wildman–Crippen MR) is 89.2 cm³/mol. The van der Waals surface area contributed by atoms with Gasteiger partial charge in [0.05, 0.1) is 11.6 Å². The number of hydrogen-bond donors (Lipinski definition) is 0. The lowest BCUT2D eigenvalue weighted by Gasteiger charge is -2.28. The van der Waals surface area contributed by atoms with E-state index in [1.54, 1.807) is 12.3 Å². The van der Waals surface area contributed by atoms with Gasteiger partial charge in [-0.1, -0.05) is 36.4 Å². The molecule has 0 aromatic heterocycles. The molecule has 0 unspecified atom stereocenters. The molecule has 0 saturated heterocycles. The van der Waals surface area contributed by atoms with Crippen molar-refractivity contribution in [3.8, 4) is 6.07 Å².